The van der Waals surface area contributed by atoms with Crippen molar-refractivity contribution < 1.29 is 4.79 Å². The Kier molecular flexibility index (Phi) is 5.52. The molecule has 30 heavy (non-hydrogen) atoms. The number of hydrogen-bond donors (Lipinski definition) is 0. The molecule has 4 rings (SSSR count). The summed E-state index contributed by atoms with van der Waals surface area (Å²) in [4.78, 5) is 15.2. The second kappa shape index (κ2) is 7.98. The zero-order chi connectivity index (χ0) is 21.6. The molecule has 0 fully saturated rings. The number of rotatable bonds is 4. The molecule has 0 unspecified atom stereocenters. The molecule has 1 aromatic heterocycles. The highest BCUT2D eigenvalue weighted by molar-refractivity contribution is 6.42. The van der Waals surface area contributed by atoms with Crippen molar-refractivity contribution in [2.75, 3.05) is 11.4 Å². The molecule has 0 radical (unpaired) electrons. The molecule has 3 nitrogen and oxygen atoms in total. The van der Waals surface area contributed by atoms with Crippen molar-refractivity contribution in [2.24, 2.45) is 5.92 Å². The van der Waals surface area contributed by atoms with Crippen molar-refractivity contribution >= 4 is 46.4 Å². The van der Waals surface area contributed by atoms with E-state index in [0.29, 0.717) is 22.5 Å². The summed E-state index contributed by atoms with van der Waals surface area (Å²) in [6.45, 7) is 9.06. The smallest absolute Gasteiger partial charge is 0.259 e. The molecule has 1 aliphatic heterocycles. The number of fused-ring (bicyclic) bond motifs is 1. The van der Waals surface area contributed by atoms with E-state index in [4.69, 9.17) is 23.2 Å². The highest BCUT2D eigenvalue weighted by Crippen LogP contribution is 2.39. The third-order valence-corrected chi connectivity index (χ3v) is 6.18. The highest BCUT2D eigenvalue weighted by atomic mass is 35.5. The standard InChI is InChI=1S/C25H24Cl2N2O/c1-15(2)14-28-24-8-6-5-7-20(24)21(25(28)30)12-18-11-16(3)29(17(18)4)19-9-10-22(26)23(27)13-19/h5-13,15H,14H2,1-4H3/b21-12-. The molecule has 0 N–H and O–H groups in total. The summed E-state index contributed by atoms with van der Waals surface area (Å²) in [6, 6.07) is 15.7. The first-order chi connectivity index (χ1) is 14.3. The van der Waals surface area contributed by atoms with Crippen LogP contribution in [0.1, 0.15) is 36.4 Å². The van der Waals surface area contributed by atoms with E-state index in [-0.39, 0.29) is 5.91 Å². The second-order valence-corrected chi connectivity index (χ2v) is 8.96. The molecule has 0 bridgehead atoms. The van der Waals surface area contributed by atoms with E-state index in [9.17, 15) is 4.79 Å². The number of halogens is 2. The highest BCUT2D eigenvalue weighted by Gasteiger charge is 2.32. The van der Waals surface area contributed by atoms with E-state index >= 15 is 0 Å². The number of aromatic nitrogens is 1. The minimum absolute atomic E-state index is 0.0595. The maximum Gasteiger partial charge on any atom is 0.259 e. The Hall–Kier alpha value is -2.49. The molecule has 0 saturated heterocycles. The van der Waals surface area contributed by atoms with E-state index in [2.05, 4.69) is 31.4 Å². The van der Waals surface area contributed by atoms with Gasteiger partial charge in [0.1, 0.15) is 0 Å². The molecule has 1 amide bonds. The van der Waals surface area contributed by atoms with Crippen LogP contribution in [-0.4, -0.2) is 17.0 Å². The van der Waals surface area contributed by atoms with Crippen LogP contribution in [0.3, 0.4) is 0 Å². The zero-order valence-corrected chi connectivity index (χ0v) is 19.1. The van der Waals surface area contributed by atoms with Gasteiger partial charge < -0.3 is 9.47 Å². The van der Waals surface area contributed by atoms with Gasteiger partial charge >= 0.3 is 0 Å². The third-order valence-electron chi connectivity index (χ3n) is 5.44. The Morgan fingerprint density at radius 2 is 1.73 bits per heavy atom. The maximum atomic E-state index is 13.3. The monoisotopic (exact) mass is 438 g/mol. The van der Waals surface area contributed by atoms with Gasteiger partial charge in [0.25, 0.3) is 5.91 Å². The number of nitrogens with zero attached hydrogens (tertiary/aromatic N) is 2. The van der Waals surface area contributed by atoms with Crippen LogP contribution in [0.2, 0.25) is 10.0 Å². The van der Waals surface area contributed by atoms with E-state index in [1.54, 1.807) is 6.07 Å². The zero-order valence-electron chi connectivity index (χ0n) is 17.5. The molecule has 1 aliphatic rings. The minimum atomic E-state index is 0.0595. The Morgan fingerprint density at radius 1 is 1.00 bits per heavy atom. The molecule has 2 aromatic carbocycles. The van der Waals surface area contributed by atoms with Crippen LogP contribution in [0.5, 0.6) is 0 Å². The first-order valence-electron chi connectivity index (χ1n) is 10.0. The minimum Gasteiger partial charge on any atom is -0.318 e. The average molecular weight is 439 g/mol. The van der Waals surface area contributed by atoms with E-state index < -0.39 is 0 Å². The van der Waals surface area contributed by atoms with Crippen LogP contribution in [0.25, 0.3) is 17.3 Å². The predicted octanol–water partition coefficient (Wildman–Crippen LogP) is 6.94. The summed E-state index contributed by atoms with van der Waals surface area (Å²) in [5.41, 5.74) is 6.79. The summed E-state index contributed by atoms with van der Waals surface area (Å²) in [7, 11) is 0. The summed E-state index contributed by atoms with van der Waals surface area (Å²) in [5.74, 6) is 0.449. The lowest BCUT2D eigenvalue weighted by molar-refractivity contribution is -0.113. The maximum absolute atomic E-state index is 13.3. The predicted molar refractivity (Wildman–Crippen MR) is 127 cm³/mol. The number of carbonyl (C=O) groups is 1. The van der Waals surface area contributed by atoms with Crippen molar-refractivity contribution in [3.63, 3.8) is 0 Å². The van der Waals surface area contributed by atoms with Crippen molar-refractivity contribution in [3.05, 3.63) is 81.1 Å². The SMILES string of the molecule is Cc1cc(/C=C2\C(=O)N(CC(C)C)c3ccccc32)c(C)n1-c1ccc(Cl)c(Cl)c1. The summed E-state index contributed by atoms with van der Waals surface area (Å²) in [6.07, 6.45) is 2.01. The van der Waals surface area contributed by atoms with Gasteiger partial charge in [-0.1, -0.05) is 55.2 Å². The Bertz CT molecular complexity index is 1170. The Balaban J connectivity index is 1.81. The topological polar surface area (TPSA) is 25.2 Å². The largest absolute Gasteiger partial charge is 0.318 e. The lowest BCUT2D eigenvalue weighted by Gasteiger charge is -2.19. The van der Waals surface area contributed by atoms with Crippen LogP contribution >= 0.6 is 23.2 Å². The molecular formula is C25H24Cl2N2O. The number of para-hydroxylation sites is 1. The van der Waals surface area contributed by atoms with Gasteiger partial charge in [-0.25, -0.2) is 0 Å². The molecule has 3 aromatic rings. The molecule has 0 spiro atoms. The first kappa shape index (κ1) is 20.8. The van der Waals surface area contributed by atoms with E-state index in [1.807, 2.05) is 54.3 Å². The quantitative estimate of drug-likeness (QED) is 0.404. The van der Waals surface area contributed by atoms with Crippen LogP contribution < -0.4 is 4.90 Å². The van der Waals surface area contributed by atoms with Crippen LogP contribution in [0, 0.1) is 19.8 Å². The number of amides is 1. The van der Waals surface area contributed by atoms with Gasteiger partial charge in [-0.05, 0) is 61.7 Å². The van der Waals surface area contributed by atoms with Crippen molar-refractivity contribution in [2.45, 2.75) is 27.7 Å². The van der Waals surface area contributed by atoms with Gasteiger partial charge in [0.15, 0.2) is 0 Å². The van der Waals surface area contributed by atoms with Gasteiger partial charge in [-0.3, -0.25) is 4.79 Å². The van der Waals surface area contributed by atoms with Gasteiger partial charge in [-0.15, -0.1) is 0 Å². The second-order valence-electron chi connectivity index (χ2n) is 8.15. The number of benzene rings is 2. The Labute approximate surface area is 187 Å². The molecular weight excluding hydrogens is 415 g/mol. The van der Waals surface area contributed by atoms with Crippen LogP contribution in [0.4, 0.5) is 5.69 Å². The summed E-state index contributed by atoms with van der Waals surface area (Å²) >= 11 is 12.3. The number of hydrogen-bond acceptors (Lipinski definition) is 1. The number of aryl methyl sites for hydroxylation is 1. The van der Waals surface area contributed by atoms with Gasteiger partial charge in [0.2, 0.25) is 0 Å². The van der Waals surface area contributed by atoms with Crippen LogP contribution in [-0.2, 0) is 4.79 Å². The normalized spacial score (nSPS) is 14.8. The van der Waals surface area contributed by atoms with Crippen molar-refractivity contribution in [3.8, 4) is 5.69 Å². The van der Waals surface area contributed by atoms with Crippen LogP contribution in [0.15, 0.2) is 48.5 Å². The number of carbonyl (C=O) groups excluding carboxylic acids is 1. The molecule has 5 heteroatoms. The molecule has 0 atom stereocenters. The molecule has 0 aliphatic carbocycles. The fourth-order valence-electron chi connectivity index (χ4n) is 4.10. The average Bonchev–Trinajstić information content (AvgIpc) is 3.12. The summed E-state index contributed by atoms with van der Waals surface area (Å²) < 4.78 is 2.13. The lowest BCUT2D eigenvalue weighted by Crippen LogP contribution is -2.30. The van der Waals surface area contributed by atoms with Gasteiger partial charge in [0, 0.05) is 34.8 Å². The lowest BCUT2D eigenvalue weighted by atomic mass is 10.0. The number of anilines is 1. The third kappa shape index (κ3) is 3.57. The van der Waals surface area contributed by atoms with E-state index in [0.717, 1.165) is 39.5 Å². The van der Waals surface area contributed by atoms with Crippen molar-refractivity contribution in [1.82, 2.24) is 4.57 Å². The molecule has 154 valence electrons. The van der Waals surface area contributed by atoms with Crippen molar-refractivity contribution in [1.29, 1.82) is 0 Å². The molecule has 0 saturated carbocycles. The molecule has 2 heterocycles. The fourth-order valence-corrected chi connectivity index (χ4v) is 4.40. The Morgan fingerprint density at radius 3 is 2.43 bits per heavy atom. The van der Waals surface area contributed by atoms with Gasteiger partial charge in [0.05, 0.1) is 15.7 Å². The summed E-state index contributed by atoms with van der Waals surface area (Å²) in [5, 5.41) is 1.05. The van der Waals surface area contributed by atoms with E-state index in [1.165, 1.54) is 0 Å². The fraction of sp³-hybridized carbons (Fsp3) is 0.240. The first-order valence-corrected chi connectivity index (χ1v) is 10.8. The van der Waals surface area contributed by atoms with Gasteiger partial charge in [-0.2, -0.15) is 0 Å².